The van der Waals surface area contributed by atoms with Gasteiger partial charge >= 0.3 is 0 Å². The average molecular weight is 497 g/mol. The molecule has 1 aromatic heterocycles. The number of hydrogen-bond acceptors (Lipinski definition) is 4. The Morgan fingerprint density at radius 1 is 1.21 bits per heavy atom. The smallest absolute Gasteiger partial charge is 0.191 e. The molecule has 1 aliphatic rings. The van der Waals surface area contributed by atoms with Crippen molar-refractivity contribution in [3.8, 4) is 0 Å². The summed E-state index contributed by atoms with van der Waals surface area (Å²) in [7, 11) is 1.79. The first-order chi connectivity index (χ1) is 13.1. The third-order valence-corrected chi connectivity index (χ3v) is 5.17. The highest BCUT2D eigenvalue weighted by atomic mass is 127. The minimum Gasteiger partial charge on any atom is -0.359 e. The molecule has 28 heavy (non-hydrogen) atoms. The van der Waals surface area contributed by atoms with Gasteiger partial charge < -0.3 is 15.2 Å². The summed E-state index contributed by atoms with van der Waals surface area (Å²) in [5.74, 6) is 1.97. The second kappa shape index (κ2) is 10.8. The number of hydrogen-bond donors (Lipinski definition) is 2. The van der Waals surface area contributed by atoms with Crippen LogP contribution in [0.5, 0.6) is 0 Å². The molecule has 2 heterocycles. The van der Waals surface area contributed by atoms with Crippen molar-refractivity contribution in [3.05, 3.63) is 52.9 Å². The van der Waals surface area contributed by atoms with Crippen LogP contribution < -0.4 is 10.6 Å². The summed E-state index contributed by atoms with van der Waals surface area (Å²) in [5.41, 5.74) is 3.91. The molecular weight excluding hydrogens is 465 g/mol. The highest BCUT2D eigenvalue weighted by molar-refractivity contribution is 14.0. The quantitative estimate of drug-likeness (QED) is 0.363. The van der Waals surface area contributed by atoms with Gasteiger partial charge in [-0.3, -0.25) is 9.89 Å². The standard InChI is InChI=1S/C21H31N5O.HI/c1-15(2)20-11-19(27-25-20)13-24-21(22-4)23-12-16(3)26-10-9-17-7-5-6-8-18(17)14-26;/h5-8,11,15-16H,9-10,12-14H2,1-4H3,(H2,22,23,24);1H. The zero-order valence-electron chi connectivity index (χ0n) is 17.2. The van der Waals surface area contributed by atoms with Gasteiger partial charge in [-0.15, -0.1) is 24.0 Å². The number of nitrogens with zero attached hydrogens (tertiary/aromatic N) is 3. The van der Waals surface area contributed by atoms with Crippen molar-refractivity contribution >= 4 is 29.9 Å². The Kier molecular flexibility index (Phi) is 8.75. The molecule has 0 saturated heterocycles. The lowest BCUT2D eigenvalue weighted by Crippen LogP contribution is -2.47. The van der Waals surface area contributed by atoms with Crippen LogP contribution in [0.4, 0.5) is 0 Å². The fourth-order valence-corrected chi connectivity index (χ4v) is 3.34. The Labute approximate surface area is 185 Å². The molecule has 3 rings (SSSR count). The predicted octanol–water partition coefficient (Wildman–Crippen LogP) is 3.53. The lowest BCUT2D eigenvalue weighted by molar-refractivity contribution is 0.191. The molecule has 1 aliphatic heterocycles. The van der Waals surface area contributed by atoms with E-state index in [-0.39, 0.29) is 24.0 Å². The van der Waals surface area contributed by atoms with Gasteiger partial charge in [-0.2, -0.15) is 0 Å². The maximum Gasteiger partial charge on any atom is 0.191 e. The van der Waals surface area contributed by atoms with E-state index in [4.69, 9.17) is 4.52 Å². The summed E-state index contributed by atoms with van der Waals surface area (Å²) in [4.78, 5) is 6.83. The van der Waals surface area contributed by atoms with Gasteiger partial charge in [-0.05, 0) is 30.4 Å². The number of aliphatic imine (C=N–C) groups is 1. The Balaban J connectivity index is 0.00000280. The SMILES string of the molecule is CN=C(NCc1cc(C(C)C)no1)NCC(C)N1CCc2ccccc2C1.I. The highest BCUT2D eigenvalue weighted by Gasteiger charge is 2.20. The molecule has 154 valence electrons. The highest BCUT2D eigenvalue weighted by Crippen LogP contribution is 2.20. The molecule has 0 aliphatic carbocycles. The van der Waals surface area contributed by atoms with Crippen molar-refractivity contribution in [3.63, 3.8) is 0 Å². The zero-order valence-corrected chi connectivity index (χ0v) is 19.6. The zero-order chi connectivity index (χ0) is 19.2. The predicted molar refractivity (Wildman–Crippen MR) is 124 cm³/mol. The topological polar surface area (TPSA) is 65.7 Å². The number of aromatic nitrogens is 1. The van der Waals surface area contributed by atoms with Gasteiger partial charge in [0.05, 0.1) is 12.2 Å². The number of rotatable bonds is 6. The van der Waals surface area contributed by atoms with Crippen LogP contribution in [0, 0.1) is 0 Å². The van der Waals surface area contributed by atoms with Crippen molar-refractivity contribution in [2.75, 3.05) is 20.1 Å². The fraction of sp³-hybridized carbons (Fsp3) is 0.524. The van der Waals surface area contributed by atoms with E-state index in [1.165, 1.54) is 11.1 Å². The Morgan fingerprint density at radius 3 is 2.64 bits per heavy atom. The summed E-state index contributed by atoms with van der Waals surface area (Å²) in [6.07, 6.45) is 1.12. The Morgan fingerprint density at radius 2 is 1.96 bits per heavy atom. The van der Waals surface area contributed by atoms with Crippen LogP contribution in [0.15, 0.2) is 39.8 Å². The van der Waals surface area contributed by atoms with Crippen molar-refractivity contribution in [1.29, 1.82) is 0 Å². The summed E-state index contributed by atoms with van der Waals surface area (Å²) in [5, 5.41) is 10.8. The maximum absolute atomic E-state index is 5.37. The Bertz CT molecular complexity index is 774. The van der Waals surface area contributed by atoms with E-state index >= 15 is 0 Å². The second-order valence-electron chi connectivity index (χ2n) is 7.52. The average Bonchev–Trinajstić information content (AvgIpc) is 3.17. The number of nitrogens with one attached hydrogen (secondary N) is 2. The second-order valence-corrected chi connectivity index (χ2v) is 7.52. The van der Waals surface area contributed by atoms with Crippen molar-refractivity contribution in [2.24, 2.45) is 4.99 Å². The number of guanidine groups is 1. The Hall–Kier alpha value is -1.61. The van der Waals surface area contributed by atoms with Gasteiger partial charge in [0.2, 0.25) is 0 Å². The molecule has 0 bridgehead atoms. The summed E-state index contributed by atoms with van der Waals surface area (Å²) < 4.78 is 5.37. The van der Waals surface area contributed by atoms with Crippen molar-refractivity contribution in [1.82, 2.24) is 20.7 Å². The maximum atomic E-state index is 5.37. The molecule has 0 fully saturated rings. The van der Waals surface area contributed by atoms with Gasteiger partial charge in [0.25, 0.3) is 0 Å². The first kappa shape index (κ1) is 22.7. The third kappa shape index (κ3) is 5.94. The largest absolute Gasteiger partial charge is 0.359 e. The minimum atomic E-state index is 0. The van der Waals surface area contributed by atoms with Gasteiger partial charge in [0, 0.05) is 38.8 Å². The normalized spacial score (nSPS) is 15.7. The molecule has 6 nitrogen and oxygen atoms in total. The molecule has 0 radical (unpaired) electrons. The van der Waals surface area contributed by atoms with Crippen LogP contribution in [-0.4, -0.2) is 42.2 Å². The van der Waals surface area contributed by atoms with Crippen LogP contribution >= 0.6 is 24.0 Å². The lowest BCUT2D eigenvalue weighted by atomic mass is 9.99. The summed E-state index contributed by atoms with van der Waals surface area (Å²) >= 11 is 0. The van der Waals surface area contributed by atoms with Gasteiger partial charge in [-0.25, -0.2) is 0 Å². The number of halogens is 1. The molecule has 0 amide bonds. The molecule has 0 saturated carbocycles. The van der Waals surface area contributed by atoms with Crippen molar-refractivity contribution in [2.45, 2.75) is 52.2 Å². The molecule has 1 unspecified atom stereocenters. The van der Waals surface area contributed by atoms with Crippen LogP contribution in [0.3, 0.4) is 0 Å². The van der Waals surface area contributed by atoms with Crippen LogP contribution in [0.1, 0.15) is 49.3 Å². The van der Waals surface area contributed by atoms with E-state index < -0.39 is 0 Å². The van der Waals surface area contributed by atoms with Gasteiger partial charge in [-0.1, -0.05) is 43.3 Å². The lowest BCUT2D eigenvalue weighted by Gasteiger charge is -2.34. The van der Waals surface area contributed by atoms with Crippen LogP contribution in [0.2, 0.25) is 0 Å². The van der Waals surface area contributed by atoms with E-state index in [0.29, 0.717) is 18.5 Å². The molecule has 7 heteroatoms. The monoisotopic (exact) mass is 497 g/mol. The summed E-state index contributed by atoms with van der Waals surface area (Å²) in [6.45, 7) is 10.0. The van der Waals surface area contributed by atoms with Gasteiger partial charge in [0.15, 0.2) is 11.7 Å². The number of benzene rings is 1. The molecule has 0 spiro atoms. The van der Waals surface area contributed by atoms with E-state index in [1.807, 2.05) is 6.07 Å². The van der Waals surface area contributed by atoms with Crippen LogP contribution in [-0.2, 0) is 19.5 Å². The van der Waals surface area contributed by atoms with E-state index in [1.54, 1.807) is 7.05 Å². The van der Waals surface area contributed by atoms with E-state index in [0.717, 1.165) is 43.5 Å². The molecule has 2 N–H and O–H groups in total. The first-order valence-corrected chi connectivity index (χ1v) is 9.77. The van der Waals surface area contributed by atoms with E-state index in [2.05, 4.69) is 70.7 Å². The molecular formula is C21H32IN5O. The molecule has 2 aromatic rings. The third-order valence-electron chi connectivity index (χ3n) is 5.17. The minimum absolute atomic E-state index is 0. The number of fused-ring (bicyclic) bond motifs is 1. The first-order valence-electron chi connectivity index (χ1n) is 9.77. The molecule has 1 atom stereocenters. The van der Waals surface area contributed by atoms with E-state index in [9.17, 15) is 0 Å². The molecule has 1 aromatic carbocycles. The van der Waals surface area contributed by atoms with Crippen molar-refractivity contribution < 1.29 is 4.52 Å². The fourth-order valence-electron chi connectivity index (χ4n) is 3.34. The van der Waals surface area contributed by atoms with Crippen LogP contribution in [0.25, 0.3) is 0 Å². The summed E-state index contributed by atoms with van der Waals surface area (Å²) in [6, 6.07) is 11.2. The van der Waals surface area contributed by atoms with Gasteiger partial charge in [0.1, 0.15) is 0 Å².